The highest BCUT2D eigenvalue weighted by molar-refractivity contribution is 7.08. The molecule has 0 aromatic carbocycles. The van der Waals surface area contributed by atoms with Crippen molar-refractivity contribution in [2.45, 2.75) is 53.2 Å². The Kier molecular flexibility index (Phi) is 5.67. The van der Waals surface area contributed by atoms with Crippen LogP contribution in [-0.2, 0) is 19.6 Å². The largest absolute Gasteiger partial charge is 0.337 e. The fourth-order valence-electron chi connectivity index (χ4n) is 3.37. The highest BCUT2D eigenvalue weighted by atomic mass is 32.1. The summed E-state index contributed by atoms with van der Waals surface area (Å²) in [6, 6.07) is 1.89. The Hall–Kier alpha value is -3.01. The third-order valence-corrected chi connectivity index (χ3v) is 5.51. The molecule has 10 heteroatoms. The fraction of sp³-hybridized carbons (Fsp3) is 0.450. The van der Waals surface area contributed by atoms with E-state index in [4.69, 9.17) is 4.52 Å². The lowest BCUT2D eigenvalue weighted by Crippen LogP contribution is -2.41. The monoisotopic (exact) mass is 428 g/mol. The summed E-state index contributed by atoms with van der Waals surface area (Å²) in [5, 5.41) is 7.81. The Morgan fingerprint density at radius 1 is 1.23 bits per heavy atom. The van der Waals surface area contributed by atoms with Gasteiger partial charge in [0.25, 0.3) is 5.56 Å². The van der Waals surface area contributed by atoms with Crippen LogP contribution in [0.3, 0.4) is 0 Å². The zero-order chi connectivity index (χ0) is 21.3. The molecule has 0 amide bonds. The van der Waals surface area contributed by atoms with Crippen LogP contribution < -0.4 is 11.2 Å². The number of imidazole rings is 1. The lowest BCUT2D eigenvalue weighted by molar-refractivity contribution is 0.365. The predicted molar refractivity (Wildman–Crippen MR) is 115 cm³/mol. The molecule has 0 saturated carbocycles. The van der Waals surface area contributed by atoms with Crippen molar-refractivity contribution < 1.29 is 4.52 Å². The molecule has 0 saturated heterocycles. The average molecular weight is 429 g/mol. The lowest BCUT2D eigenvalue weighted by Gasteiger charge is -2.13. The van der Waals surface area contributed by atoms with Crippen LogP contribution in [0.2, 0.25) is 0 Å². The van der Waals surface area contributed by atoms with Crippen molar-refractivity contribution in [3.8, 4) is 11.4 Å². The maximum atomic E-state index is 13.3. The molecule has 4 rings (SSSR count). The molecule has 30 heavy (non-hydrogen) atoms. The number of unbranched alkanes of at least 4 members (excludes halogenated alkanes) is 1. The minimum atomic E-state index is -0.419. The Balaban J connectivity index is 1.82. The third kappa shape index (κ3) is 3.74. The molecule has 0 N–H and O–H groups in total. The van der Waals surface area contributed by atoms with Gasteiger partial charge in [-0.15, -0.1) is 0 Å². The van der Waals surface area contributed by atoms with Gasteiger partial charge in [0, 0.05) is 24.0 Å². The Labute approximate surface area is 176 Å². The van der Waals surface area contributed by atoms with E-state index in [0.29, 0.717) is 30.1 Å². The number of hydrogen-bond acceptors (Lipinski definition) is 7. The van der Waals surface area contributed by atoms with Gasteiger partial charge < -0.3 is 9.09 Å². The first-order chi connectivity index (χ1) is 14.5. The van der Waals surface area contributed by atoms with Crippen LogP contribution in [0.25, 0.3) is 22.6 Å². The molecule has 0 aliphatic heterocycles. The molecule has 0 aliphatic carbocycles. The molecular formula is C20H24N6O3S. The van der Waals surface area contributed by atoms with Crippen molar-refractivity contribution >= 4 is 22.5 Å². The van der Waals surface area contributed by atoms with Gasteiger partial charge >= 0.3 is 5.69 Å². The highest BCUT2D eigenvalue weighted by Crippen LogP contribution is 2.19. The summed E-state index contributed by atoms with van der Waals surface area (Å²) in [7, 11) is 0. The summed E-state index contributed by atoms with van der Waals surface area (Å²) in [5.74, 6) is 0.868. The Morgan fingerprint density at radius 3 is 2.77 bits per heavy atom. The van der Waals surface area contributed by atoms with Crippen molar-refractivity contribution in [1.82, 2.24) is 28.8 Å². The van der Waals surface area contributed by atoms with Crippen LogP contribution in [0.1, 0.15) is 39.5 Å². The van der Waals surface area contributed by atoms with Gasteiger partial charge in [-0.05, 0) is 23.8 Å². The van der Waals surface area contributed by atoms with Gasteiger partial charge in [-0.1, -0.05) is 32.3 Å². The van der Waals surface area contributed by atoms with Crippen LogP contribution in [0.15, 0.2) is 37.3 Å². The summed E-state index contributed by atoms with van der Waals surface area (Å²) in [4.78, 5) is 35.2. The lowest BCUT2D eigenvalue weighted by atomic mass is 10.2. The molecule has 9 nitrogen and oxygen atoms in total. The minimum Gasteiger partial charge on any atom is -0.337 e. The Bertz CT molecular complexity index is 1260. The van der Waals surface area contributed by atoms with Crippen LogP contribution in [0.4, 0.5) is 0 Å². The van der Waals surface area contributed by atoms with Gasteiger partial charge in [0.2, 0.25) is 11.7 Å². The number of aryl methyl sites for hydroxylation is 1. The topological polar surface area (TPSA) is 101 Å². The van der Waals surface area contributed by atoms with E-state index in [-0.39, 0.29) is 23.9 Å². The zero-order valence-corrected chi connectivity index (χ0v) is 18.1. The van der Waals surface area contributed by atoms with Gasteiger partial charge in [0.15, 0.2) is 11.2 Å². The summed E-state index contributed by atoms with van der Waals surface area (Å²) in [5.41, 5.74) is 0.889. The maximum Gasteiger partial charge on any atom is 0.333 e. The van der Waals surface area contributed by atoms with Crippen molar-refractivity contribution in [3.63, 3.8) is 0 Å². The SMILES string of the molecule is CCCCn1cnc2c1c(=O)n(Cc1nc(-c3ccsc3)no1)c(=O)n2CC(C)C. The van der Waals surface area contributed by atoms with Crippen LogP contribution in [0, 0.1) is 5.92 Å². The van der Waals surface area contributed by atoms with E-state index >= 15 is 0 Å². The summed E-state index contributed by atoms with van der Waals surface area (Å²) in [6.45, 7) is 7.18. The van der Waals surface area contributed by atoms with Crippen LogP contribution >= 0.6 is 11.3 Å². The smallest absolute Gasteiger partial charge is 0.333 e. The molecule has 0 spiro atoms. The van der Waals surface area contributed by atoms with E-state index in [1.807, 2.05) is 35.2 Å². The molecule has 0 aliphatic rings. The summed E-state index contributed by atoms with van der Waals surface area (Å²) in [6.07, 6.45) is 3.55. The number of fused-ring (bicyclic) bond motifs is 1. The van der Waals surface area contributed by atoms with Crippen molar-refractivity contribution in [3.05, 3.63) is 49.9 Å². The number of thiophene rings is 1. The van der Waals surface area contributed by atoms with Gasteiger partial charge in [-0.3, -0.25) is 9.36 Å². The highest BCUT2D eigenvalue weighted by Gasteiger charge is 2.20. The summed E-state index contributed by atoms with van der Waals surface area (Å²) >= 11 is 1.53. The first-order valence-electron chi connectivity index (χ1n) is 10.0. The standard InChI is InChI=1S/C20H24N6O3S/c1-4-5-7-24-12-21-18-16(24)19(27)26(20(28)25(18)9-13(2)3)10-15-22-17(23-29-15)14-6-8-30-11-14/h6,8,11-13H,4-5,7,9-10H2,1-3H3. The van der Waals surface area contributed by atoms with E-state index in [0.717, 1.165) is 18.4 Å². The van der Waals surface area contributed by atoms with E-state index in [1.165, 1.54) is 15.9 Å². The zero-order valence-electron chi connectivity index (χ0n) is 17.2. The number of nitrogens with zero attached hydrogens (tertiary/aromatic N) is 6. The number of aromatic nitrogens is 6. The fourth-order valence-corrected chi connectivity index (χ4v) is 4.00. The first kappa shape index (κ1) is 20.3. The quantitative estimate of drug-likeness (QED) is 0.428. The van der Waals surface area contributed by atoms with E-state index < -0.39 is 5.69 Å². The molecule has 0 radical (unpaired) electrons. The second-order valence-corrected chi connectivity index (χ2v) is 8.45. The summed E-state index contributed by atoms with van der Waals surface area (Å²) < 4.78 is 9.89. The number of rotatable bonds is 8. The molecule has 0 fully saturated rings. The number of hydrogen-bond donors (Lipinski definition) is 0. The molecule has 4 aromatic rings. The van der Waals surface area contributed by atoms with Gasteiger partial charge in [0.05, 0.1) is 6.33 Å². The van der Waals surface area contributed by atoms with E-state index in [9.17, 15) is 9.59 Å². The van der Waals surface area contributed by atoms with Crippen molar-refractivity contribution in [2.75, 3.05) is 0 Å². The minimum absolute atomic E-state index is 0.0816. The molecule has 4 heterocycles. The van der Waals surface area contributed by atoms with Crippen LogP contribution in [-0.4, -0.2) is 28.8 Å². The van der Waals surface area contributed by atoms with Crippen LogP contribution in [0.5, 0.6) is 0 Å². The molecular weight excluding hydrogens is 404 g/mol. The van der Waals surface area contributed by atoms with Gasteiger partial charge in [0.1, 0.15) is 6.54 Å². The van der Waals surface area contributed by atoms with Crippen molar-refractivity contribution in [1.29, 1.82) is 0 Å². The Morgan fingerprint density at radius 2 is 2.07 bits per heavy atom. The molecule has 0 atom stereocenters. The molecule has 0 unspecified atom stereocenters. The molecule has 0 bridgehead atoms. The maximum absolute atomic E-state index is 13.3. The van der Waals surface area contributed by atoms with Crippen molar-refractivity contribution in [2.24, 2.45) is 5.92 Å². The normalized spacial score (nSPS) is 11.7. The first-order valence-corrected chi connectivity index (χ1v) is 11.0. The van der Waals surface area contributed by atoms with E-state index in [2.05, 4.69) is 22.0 Å². The van der Waals surface area contributed by atoms with Gasteiger partial charge in [-0.2, -0.15) is 16.3 Å². The second-order valence-electron chi connectivity index (χ2n) is 7.67. The van der Waals surface area contributed by atoms with E-state index in [1.54, 1.807) is 10.9 Å². The molecule has 158 valence electrons. The molecule has 4 aromatic heterocycles. The second kappa shape index (κ2) is 8.39. The van der Waals surface area contributed by atoms with Gasteiger partial charge in [-0.25, -0.2) is 14.3 Å². The predicted octanol–water partition coefficient (Wildman–Crippen LogP) is 2.98. The average Bonchev–Trinajstić information content (AvgIpc) is 3.46. The third-order valence-electron chi connectivity index (χ3n) is 4.82.